The van der Waals surface area contributed by atoms with Gasteiger partial charge in [-0.3, -0.25) is 4.68 Å². The Morgan fingerprint density at radius 1 is 1.00 bits per heavy atom. The van der Waals surface area contributed by atoms with Crippen molar-refractivity contribution in [3.05, 3.63) is 17.5 Å². The lowest BCUT2D eigenvalue weighted by Gasteiger charge is -2.18. The van der Waals surface area contributed by atoms with Gasteiger partial charge in [0.05, 0.1) is 5.69 Å². The van der Waals surface area contributed by atoms with E-state index in [-0.39, 0.29) is 10.8 Å². The van der Waals surface area contributed by atoms with Crippen molar-refractivity contribution < 1.29 is 0 Å². The van der Waals surface area contributed by atoms with Crippen molar-refractivity contribution in [2.24, 2.45) is 7.05 Å². The molecule has 0 aliphatic rings. The second-order valence-corrected chi connectivity index (χ2v) is 6.04. The number of aryl methyl sites for hydroxylation is 1. The van der Waals surface area contributed by atoms with Gasteiger partial charge in [-0.05, 0) is 6.07 Å². The molecule has 0 aliphatic heterocycles. The van der Waals surface area contributed by atoms with Gasteiger partial charge in [0.15, 0.2) is 0 Å². The Morgan fingerprint density at radius 3 is 1.71 bits per heavy atom. The number of hydrogen-bond donors (Lipinski definition) is 0. The average Bonchev–Trinajstić information content (AvgIpc) is 2.27. The summed E-state index contributed by atoms with van der Waals surface area (Å²) in [6, 6.07) is 2.22. The van der Waals surface area contributed by atoms with E-state index in [1.165, 1.54) is 11.4 Å². The molecule has 0 saturated carbocycles. The smallest absolute Gasteiger partial charge is 0.0680 e. The molecule has 1 rings (SSSR count). The molecule has 80 valence electrons. The highest BCUT2D eigenvalue weighted by atomic mass is 15.3. The fourth-order valence-electron chi connectivity index (χ4n) is 1.54. The minimum absolute atomic E-state index is 0.140. The molecule has 0 unspecified atom stereocenters. The van der Waals surface area contributed by atoms with Gasteiger partial charge in [-0.25, -0.2) is 0 Å². The zero-order valence-electron chi connectivity index (χ0n) is 10.5. The molecule has 0 aromatic carbocycles. The SMILES string of the molecule is Cn1nc(C(C)(C)C)cc1C(C)(C)C. The highest BCUT2D eigenvalue weighted by Crippen LogP contribution is 2.27. The van der Waals surface area contributed by atoms with E-state index in [4.69, 9.17) is 0 Å². The van der Waals surface area contributed by atoms with Crippen molar-refractivity contribution >= 4 is 0 Å². The van der Waals surface area contributed by atoms with Crippen molar-refractivity contribution in [3.63, 3.8) is 0 Å². The molecule has 0 spiro atoms. The van der Waals surface area contributed by atoms with E-state index in [1.54, 1.807) is 0 Å². The first-order valence-electron chi connectivity index (χ1n) is 5.17. The molecule has 1 aromatic rings. The Bertz CT molecular complexity index is 321. The van der Waals surface area contributed by atoms with Crippen LogP contribution in [-0.4, -0.2) is 9.78 Å². The molecule has 2 heteroatoms. The van der Waals surface area contributed by atoms with Gasteiger partial charge in [0.1, 0.15) is 0 Å². The van der Waals surface area contributed by atoms with Gasteiger partial charge >= 0.3 is 0 Å². The molecule has 0 amide bonds. The average molecular weight is 194 g/mol. The number of aromatic nitrogens is 2. The Hall–Kier alpha value is -0.790. The van der Waals surface area contributed by atoms with Crippen LogP contribution in [0.2, 0.25) is 0 Å². The molecule has 0 radical (unpaired) electrons. The minimum Gasteiger partial charge on any atom is -0.272 e. The van der Waals surface area contributed by atoms with Crippen molar-refractivity contribution in [3.8, 4) is 0 Å². The van der Waals surface area contributed by atoms with E-state index < -0.39 is 0 Å². The van der Waals surface area contributed by atoms with Gasteiger partial charge in [0, 0.05) is 23.6 Å². The largest absolute Gasteiger partial charge is 0.272 e. The third kappa shape index (κ3) is 2.17. The molecule has 0 bridgehead atoms. The third-order valence-corrected chi connectivity index (χ3v) is 2.42. The Balaban J connectivity index is 3.19. The molecule has 14 heavy (non-hydrogen) atoms. The van der Waals surface area contributed by atoms with Crippen LogP contribution in [0.15, 0.2) is 6.07 Å². The molecule has 0 atom stereocenters. The summed E-state index contributed by atoms with van der Waals surface area (Å²) in [5.41, 5.74) is 2.78. The Morgan fingerprint density at radius 2 is 1.50 bits per heavy atom. The summed E-state index contributed by atoms with van der Waals surface area (Å²) in [5.74, 6) is 0. The van der Waals surface area contributed by atoms with Gasteiger partial charge in [0.25, 0.3) is 0 Å². The highest BCUT2D eigenvalue weighted by Gasteiger charge is 2.24. The van der Waals surface area contributed by atoms with E-state index >= 15 is 0 Å². The summed E-state index contributed by atoms with van der Waals surface area (Å²) in [7, 11) is 2.02. The van der Waals surface area contributed by atoms with Gasteiger partial charge in [-0.15, -0.1) is 0 Å². The maximum atomic E-state index is 4.57. The van der Waals surface area contributed by atoms with Crippen LogP contribution in [0.5, 0.6) is 0 Å². The summed E-state index contributed by atoms with van der Waals surface area (Å²) in [6.45, 7) is 13.2. The van der Waals surface area contributed by atoms with Crippen LogP contribution < -0.4 is 0 Å². The van der Waals surface area contributed by atoms with Gasteiger partial charge in [-0.1, -0.05) is 41.5 Å². The second kappa shape index (κ2) is 3.11. The molecule has 0 fully saturated rings. The lowest BCUT2D eigenvalue weighted by atomic mass is 9.88. The fraction of sp³-hybridized carbons (Fsp3) is 0.750. The monoisotopic (exact) mass is 194 g/mol. The van der Waals surface area contributed by atoms with E-state index in [2.05, 4.69) is 52.7 Å². The number of hydrogen-bond acceptors (Lipinski definition) is 1. The number of nitrogens with zero attached hydrogens (tertiary/aromatic N) is 2. The van der Waals surface area contributed by atoms with Crippen molar-refractivity contribution in [2.75, 3.05) is 0 Å². The minimum atomic E-state index is 0.140. The standard InChI is InChI=1S/C12H22N2/c1-11(2,3)9-8-10(12(4,5)6)14(7)13-9/h8H,1-7H3. The first-order valence-corrected chi connectivity index (χ1v) is 5.17. The highest BCUT2D eigenvalue weighted by molar-refractivity contribution is 5.22. The molecule has 0 saturated heterocycles. The third-order valence-electron chi connectivity index (χ3n) is 2.42. The Labute approximate surface area is 87.3 Å². The second-order valence-electron chi connectivity index (χ2n) is 6.04. The lowest BCUT2D eigenvalue weighted by Crippen LogP contribution is -2.16. The topological polar surface area (TPSA) is 17.8 Å². The lowest BCUT2D eigenvalue weighted by molar-refractivity contribution is 0.514. The van der Waals surface area contributed by atoms with Gasteiger partial charge < -0.3 is 0 Å². The molecule has 1 aromatic heterocycles. The van der Waals surface area contributed by atoms with Crippen molar-refractivity contribution in [1.29, 1.82) is 0 Å². The fourth-order valence-corrected chi connectivity index (χ4v) is 1.54. The van der Waals surface area contributed by atoms with Crippen molar-refractivity contribution in [2.45, 2.75) is 52.4 Å². The van der Waals surface area contributed by atoms with Crippen LogP contribution in [0.4, 0.5) is 0 Å². The van der Waals surface area contributed by atoms with Crippen LogP contribution in [0.25, 0.3) is 0 Å². The Kier molecular flexibility index (Phi) is 2.51. The maximum absolute atomic E-state index is 4.57. The first kappa shape index (κ1) is 11.3. The summed E-state index contributed by atoms with van der Waals surface area (Å²) in [6.07, 6.45) is 0. The van der Waals surface area contributed by atoms with Crippen LogP contribution in [-0.2, 0) is 17.9 Å². The maximum Gasteiger partial charge on any atom is 0.0680 e. The molecule has 0 aliphatic carbocycles. The molecule has 1 heterocycles. The van der Waals surface area contributed by atoms with Gasteiger partial charge in [-0.2, -0.15) is 5.10 Å². The summed E-state index contributed by atoms with van der Waals surface area (Å²) in [5, 5.41) is 4.57. The molecular formula is C12H22N2. The van der Waals surface area contributed by atoms with Crippen molar-refractivity contribution in [1.82, 2.24) is 9.78 Å². The van der Waals surface area contributed by atoms with E-state index in [1.807, 2.05) is 11.7 Å². The zero-order chi connectivity index (χ0) is 11.1. The molecule has 0 N–H and O–H groups in total. The normalized spacial score (nSPS) is 13.4. The quantitative estimate of drug-likeness (QED) is 0.621. The summed E-state index contributed by atoms with van der Waals surface area (Å²) >= 11 is 0. The van der Waals surface area contributed by atoms with E-state index in [0.29, 0.717) is 0 Å². The van der Waals surface area contributed by atoms with Gasteiger partial charge in [0.2, 0.25) is 0 Å². The van der Waals surface area contributed by atoms with Crippen LogP contribution in [0.3, 0.4) is 0 Å². The predicted octanol–water partition coefficient (Wildman–Crippen LogP) is 3.02. The predicted molar refractivity (Wildman–Crippen MR) is 60.6 cm³/mol. The van der Waals surface area contributed by atoms with E-state index in [0.717, 1.165) is 0 Å². The molecule has 2 nitrogen and oxygen atoms in total. The summed E-state index contributed by atoms with van der Waals surface area (Å²) in [4.78, 5) is 0. The first-order chi connectivity index (χ1) is 6.12. The molecular weight excluding hydrogens is 172 g/mol. The zero-order valence-corrected chi connectivity index (χ0v) is 10.5. The van der Waals surface area contributed by atoms with Crippen LogP contribution in [0, 0.1) is 0 Å². The van der Waals surface area contributed by atoms with E-state index in [9.17, 15) is 0 Å². The number of rotatable bonds is 0. The summed E-state index contributed by atoms with van der Waals surface area (Å²) < 4.78 is 2.00. The van der Waals surface area contributed by atoms with Crippen LogP contribution in [0.1, 0.15) is 52.9 Å². The van der Waals surface area contributed by atoms with Crippen LogP contribution >= 0.6 is 0 Å².